The van der Waals surface area contributed by atoms with Crippen LogP contribution < -0.4 is 10.6 Å². The van der Waals surface area contributed by atoms with Crippen LogP contribution in [0, 0.1) is 18.3 Å². The minimum absolute atomic E-state index is 0.153. The molecular weight excluding hydrogens is 476 g/mol. The number of thiazole rings is 1. The van der Waals surface area contributed by atoms with Crippen molar-refractivity contribution in [2.24, 2.45) is 11.3 Å². The zero-order valence-electron chi connectivity index (χ0n) is 22.3. The number of rotatable bonds is 8. The number of aliphatic hydroxyl groups excluding tert-OH is 2. The molecule has 1 aliphatic heterocycles. The SMILES string of the molecule is Cc1ncsc1-c1ccc([C@@H](C)NC(=O)[C@H]2C[C@H](O)CN2C(O)[C@H](NC(=O)C(C)C)C(C)(C)C)cc1. The second-order valence-corrected chi connectivity index (χ2v) is 12.0. The third-order valence-corrected chi connectivity index (χ3v) is 7.77. The number of aromatic nitrogens is 1. The zero-order chi connectivity index (χ0) is 26.8. The molecule has 1 aliphatic rings. The molecular formula is C27H40N4O4S. The Hall–Kier alpha value is -2.33. The largest absolute Gasteiger partial charge is 0.392 e. The first-order chi connectivity index (χ1) is 16.8. The van der Waals surface area contributed by atoms with E-state index in [1.54, 1.807) is 30.1 Å². The maximum absolute atomic E-state index is 13.3. The Balaban J connectivity index is 1.73. The van der Waals surface area contributed by atoms with Gasteiger partial charge >= 0.3 is 0 Å². The summed E-state index contributed by atoms with van der Waals surface area (Å²) in [6, 6.07) is 6.45. The van der Waals surface area contributed by atoms with E-state index in [1.165, 1.54) is 0 Å². The van der Waals surface area contributed by atoms with Gasteiger partial charge in [0.25, 0.3) is 0 Å². The Morgan fingerprint density at radius 2 is 1.78 bits per heavy atom. The van der Waals surface area contributed by atoms with E-state index in [9.17, 15) is 19.8 Å². The first kappa shape index (κ1) is 28.2. The summed E-state index contributed by atoms with van der Waals surface area (Å²) in [5, 5.41) is 27.7. The number of aliphatic hydroxyl groups is 2. The van der Waals surface area contributed by atoms with Crippen LogP contribution in [0.15, 0.2) is 29.8 Å². The van der Waals surface area contributed by atoms with Crippen molar-refractivity contribution in [3.8, 4) is 10.4 Å². The molecule has 2 aromatic rings. The Bertz CT molecular complexity index is 1050. The van der Waals surface area contributed by atoms with Crippen LogP contribution in [-0.2, 0) is 9.59 Å². The number of carbonyl (C=O) groups excluding carboxylic acids is 2. The van der Waals surface area contributed by atoms with E-state index in [-0.39, 0.29) is 36.7 Å². The quantitative estimate of drug-likeness (QED) is 0.428. The lowest BCUT2D eigenvalue weighted by molar-refractivity contribution is -0.136. The van der Waals surface area contributed by atoms with Crippen LogP contribution in [0.25, 0.3) is 10.4 Å². The predicted octanol–water partition coefficient (Wildman–Crippen LogP) is 3.24. The van der Waals surface area contributed by atoms with E-state index in [1.807, 2.05) is 64.4 Å². The van der Waals surface area contributed by atoms with Crippen molar-refractivity contribution in [1.29, 1.82) is 0 Å². The number of likely N-dealkylation sites (tertiary alicyclic amines) is 1. The Morgan fingerprint density at radius 1 is 1.14 bits per heavy atom. The molecule has 2 heterocycles. The molecule has 3 rings (SSSR count). The highest BCUT2D eigenvalue weighted by molar-refractivity contribution is 7.13. The molecule has 0 radical (unpaired) electrons. The second kappa shape index (κ2) is 11.4. The number of amides is 2. The number of β-amino-alcohol motifs (C(OH)–C–C–N with tert-alkyl or cyclic N) is 1. The van der Waals surface area contributed by atoms with Crippen LogP contribution in [0.2, 0.25) is 0 Å². The van der Waals surface area contributed by atoms with Gasteiger partial charge in [-0.05, 0) is 36.8 Å². The standard InChI is InChI=1S/C27H40N4O4S/c1-15(2)24(33)30-23(27(5,6)7)26(35)31-13-20(32)12-21(31)25(34)29-16(3)18-8-10-19(11-9-18)22-17(4)28-14-36-22/h8-11,14-16,20-21,23,26,32,35H,12-13H2,1-7H3,(H,29,34)(H,30,33)/t16-,20+,21-,23+,26?/m1/s1. The molecule has 36 heavy (non-hydrogen) atoms. The van der Waals surface area contributed by atoms with Crippen molar-refractivity contribution in [2.75, 3.05) is 6.54 Å². The van der Waals surface area contributed by atoms with E-state index < -0.39 is 29.8 Å². The van der Waals surface area contributed by atoms with E-state index in [2.05, 4.69) is 15.6 Å². The molecule has 1 aromatic heterocycles. The molecule has 0 bridgehead atoms. The van der Waals surface area contributed by atoms with Gasteiger partial charge in [-0.2, -0.15) is 0 Å². The normalized spacial score (nSPS) is 21.3. The van der Waals surface area contributed by atoms with Crippen LogP contribution in [-0.4, -0.2) is 62.9 Å². The maximum atomic E-state index is 13.3. The maximum Gasteiger partial charge on any atom is 0.238 e. The minimum Gasteiger partial charge on any atom is -0.392 e. The van der Waals surface area contributed by atoms with E-state index in [0.717, 1.165) is 21.7 Å². The molecule has 8 nitrogen and oxygen atoms in total. The van der Waals surface area contributed by atoms with Crippen molar-refractivity contribution >= 4 is 23.2 Å². The number of hydrogen-bond acceptors (Lipinski definition) is 7. The van der Waals surface area contributed by atoms with Gasteiger partial charge in [0.05, 0.1) is 40.3 Å². The number of hydrogen-bond donors (Lipinski definition) is 4. The lowest BCUT2D eigenvalue weighted by atomic mass is 9.84. The van der Waals surface area contributed by atoms with Crippen molar-refractivity contribution in [3.05, 3.63) is 41.0 Å². The van der Waals surface area contributed by atoms with Gasteiger partial charge < -0.3 is 20.8 Å². The summed E-state index contributed by atoms with van der Waals surface area (Å²) in [5.41, 5.74) is 4.39. The third-order valence-electron chi connectivity index (χ3n) is 6.79. The van der Waals surface area contributed by atoms with Crippen molar-refractivity contribution < 1.29 is 19.8 Å². The van der Waals surface area contributed by atoms with Crippen molar-refractivity contribution in [3.63, 3.8) is 0 Å². The first-order valence-electron chi connectivity index (χ1n) is 12.5. The van der Waals surface area contributed by atoms with Gasteiger partial charge in [0.1, 0.15) is 6.23 Å². The average molecular weight is 517 g/mol. The molecule has 1 unspecified atom stereocenters. The zero-order valence-corrected chi connectivity index (χ0v) is 23.1. The molecule has 1 aromatic carbocycles. The fourth-order valence-electron chi connectivity index (χ4n) is 4.53. The fourth-order valence-corrected chi connectivity index (χ4v) is 5.34. The molecule has 5 atom stereocenters. The highest BCUT2D eigenvalue weighted by Gasteiger charge is 2.45. The van der Waals surface area contributed by atoms with Crippen LogP contribution >= 0.6 is 11.3 Å². The smallest absolute Gasteiger partial charge is 0.238 e. The monoisotopic (exact) mass is 516 g/mol. The van der Waals surface area contributed by atoms with Crippen molar-refractivity contribution in [1.82, 2.24) is 20.5 Å². The number of nitrogens with zero attached hydrogens (tertiary/aromatic N) is 2. The summed E-state index contributed by atoms with van der Waals surface area (Å²) in [6.07, 6.45) is -1.65. The molecule has 0 aliphatic carbocycles. The van der Waals surface area contributed by atoms with Gasteiger partial charge in [-0.3, -0.25) is 14.5 Å². The fraction of sp³-hybridized carbons (Fsp3) is 0.593. The molecule has 9 heteroatoms. The topological polar surface area (TPSA) is 115 Å². The summed E-state index contributed by atoms with van der Waals surface area (Å²) in [5.74, 6) is -0.666. The summed E-state index contributed by atoms with van der Waals surface area (Å²) < 4.78 is 0. The van der Waals surface area contributed by atoms with Crippen LogP contribution in [0.5, 0.6) is 0 Å². The minimum atomic E-state index is -1.13. The Kier molecular flexibility index (Phi) is 8.93. The third kappa shape index (κ3) is 6.51. The Morgan fingerprint density at radius 3 is 2.31 bits per heavy atom. The lowest BCUT2D eigenvalue weighted by Crippen LogP contribution is -2.60. The van der Waals surface area contributed by atoms with E-state index >= 15 is 0 Å². The summed E-state index contributed by atoms with van der Waals surface area (Å²) in [7, 11) is 0. The average Bonchev–Trinajstić information content (AvgIpc) is 3.41. The van der Waals surface area contributed by atoms with Gasteiger partial charge in [0.2, 0.25) is 11.8 Å². The molecule has 1 saturated heterocycles. The van der Waals surface area contributed by atoms with Gasteiger partial charge in [-0.1, -0.05) is 58.9 Å². The summed E-state index contributed by atoms with van der Waals surface area (Å²) >= 11 is 1.60. The van der Waals surface area contributed by atoms with Crippen LogP contribution in [0.1, 0.15) is 65.3 Å². The number of aryl methyl sites for hydroxylation is 1. The number of carbonyl (C=O) groups is 2. The molecule has 2 amide bonds. The van der Waals surface area contributed by atoms with Crippen LogP contribution in [0.3, 0.4) is 0 Å². The predicted molar refractivity (Wildman–Crippen MR) is 142 cm³/mol. The second-order valence-electron chi connectivity index (χ2n) is 11.1. The lowest BCUT2D eigenvalue weighted by Gasteiger charge is -2.41. The first-order valence-corrected chi connectivity index (χ1v) is 13.4. The highest BCUT2D eigenvalue weighted by atomic mass is 32.1. The number of nitrogens with one attached hydrogen (secondary N) is 2. The molecule has 0 saturated carbocycles. The van der Waals surface area contributed by atoms with E-state index in [4.69, 9.17) is 0 Å². The van der Waals surface area contributed by atoms with Crippen molar-refractivity contribution in [2.45, 2.75) is 85.3 Å². The van der Waals surface area contributed by atoms with Gasteiger partial charge in [-0.25, -0.2) is 4.98 Å². The van der Waals surface area contributed by atoms with Gasteiger partial charge in [0.15, 0.2) is 0 Å². The molecule has 4 N–H and O–H groups in total. The van der Waals surface area contributed by atoms with E-state index in [0.29, 0.717) is 0 Å². The molecule has 1 fully saturated rings. The summed E-state index contributed by atoms with van der Waals surface area (Å²) in [4.78, 5) is 32.8. The summed E-state index contributed by atoms with van der Waals surface area (Å²) in [6.45, 7) is 13.4. The van der Waals surface area contributed by atoms with Gasteiger partial charge in [-0.15, -0.1) is 11.3 Å². The molecule has 0 spiro atoms. The number of benzene rings is 1. The molecule has 198 valence electrons. The van der Waals surface area contributed by atoms with Crippen LogP contribution in [0.4, 0.5) is 0 Å². The highest BCUT2D eigenvalue weighted by Crippen LogP contribution is 2.30. The van der Waals surface area contributed by atoms with Gasteiger partial charge in [0, 0.05) is 12.5 Å². The Labute approximate surface area is 218 Å².